The molecule has 0 spiro atoms. The monoisotopic (exact) mass is 294 g/mol. The SMILES string of the molecule is CCCN(CC(C)(C)CN)C(C)c1ccc(O)c(OC)c1. The maximum atomic E-state index is 9.73. The molecular formula is C17H30N2O2. The zero-order valence-electron chi connectivity index (χ0n) is 14.0. The Labute approximate surface area is 128 Å². The summed E-state index contributed by atoms with van der Waals surface area (Å²) in [4.78, 5) is 2.44. The molecule has 1 rings (SSSR count). The number of ether oxygens (including phenoxy) is 1. The smallest absolute Gasteiger partial charge is 0.160 e. The van der Waals surface area contributed by atoms with Crippen molar-refractivity contribution in [1.29, 1.82) is 0 Å². The molecule has 0 aliphatic rings. The highest BCUT2D eigenvalue weighted by molar-refractivity contribution is 5.42. The number of phenols is 1. The van der Waals surface area contributed by atoms with Crippen LogP contribution in [0.15, 0.2) is 18.2 Å². The summed E-state index contributed by atoms with van der Waals surface area (Å²) in [5.41, 5.74) is 7.11. The first-order valence-electron chi connectivity index (χ1n) is 7.65. The third-order valence-corrected chi connectivity index (χ3v) is 3.93. The van der Waals surface area contributed by atoms with Gasteiger partial charge in [-0.3, -0.25) is 4.90 Å². The lowest BCUT2D eigenvalue weighted by Gasteiger charge is -2.36. The normalized spacial score (nSPS) is 13.5. The number of rotatable bonds is 8. The molecule has 0 fully saturated rings. The van der Waals surface area contributed by atoms with Crippen molar-refractivity contribution >= 4 is 0 Å². The van der Waals surface area contributed by atoms with Gasteiger partial charge < -0.3 is 15.6 Å². The minimum absolute atomic E-state index is 0.0877. The Hall–Kier alpha value is -1.26. The summed E-state index contributed by atoms with van der Waals surface area (Å²) in [5, 5.41) is 9.73. The van der Waals surface area contributed by atoms with Crippen molar-refractivity contribution in [3.05, 3.63) is 23.8 Å². The topological polar surface area (TPSA) is 58.7 Å². The minimum atomic E-state index is 0.0877. The molecular weight excluding hydrogens is 264 g/mol. The summed E-state index contributed by atoms with van der Waals surface area (Å²) in [6.45, 7) is 11.4. The standard InChI is InChI=1S/C17H30N2O2/c1-6-9-19(12-17(3,4)11-18)13(2)14-7-8-15(20)16(10-14)21-5/h7-8,10,13,20H,6,9,11-12,18H2,1-5H3. The Bertz CT molecular complexity index is 446. The molecule has 0 saturated carbocycles. The molecule has 1 aromatic carbocycles. The van der Waals surface area contributed by atoms with Crippen LogP contribution in [0, 0.1) is 5.41 Å². The van der Waals surface area contributed by atoms with Gasteiger partial charge in [0.05, 0.1) is 7.11 Å². The molecule has 0 heterocycles. The lowest BCUT2D eigenvalue weighted by molar-refractivity contribution is 0.140. The van der Waals surface area contributed by atoms with Crippen LogP contribution in [0.3, 0.4) is 0 Å². The van der Waals surface area contributed by atoms with E-state index in [1.807, 2.05) is 12.1 Å². The second-order valence-corrected chi connectivity index (χ2v) is 6.45. The van der Waals surface area contributed by atoms with E-state index >= 15 is 0 Å². The molecule has 1 unspecified atom stereocenters. The zero-order chi connectivity index (χ0) is 16.0. The summed E-state index contributed by atoms with van der Waals surface area (Å²) in [5.74, 6) is 0.701. The number of phenolic OH excluding ortho intramolecular Hbond substituents is 1. The highest BCUT2D eigenvalue weighted by Gasteiger charge is 2.24. The van der Waals surface area contributed by atoms with Gasteiger partial charge >= 0.3 is 0 Å². The van der Waals surface area contributed by atoms with Crippen molar-refractivity contribution in [2.24, 2.45) is 11.1 Å². The van der Waals surface area contributed by atoms with E-state index in [4.69, 9.17) is 10.5 Å². The molecule has 0 saturated heterocycles. The number of aromatic hydroxyl groups is 1. The van der Waals surface area contributed by atoms with Crippen LogP contribution in [-0.4, -0.2) is 36.8 Å². The van der Waals surface area contributed by atoms with Crippen molar-refractivity contribution in [3.8, 4) is 11.5 Å². The van der Waals surface area contributed by atoms with Crippen LogP contribution >= 0.6 is 0 Å². The largest absolute Gasteiger partial charge is 0.504 e. The highest BCUT2D eigenvalue weighted by Crippen LogP contribution is 2.32. The Kier molecular flexibility index (Phi) is 6.49. The number of hydrogen-bond acceptors (Lipinski definition) is 4. The third kappa shape index (κ3) is 4.90. The minimum Gasteiger partial charge on any atom is -0.504 e. The van der Waals surface area contributed by atoms with Crippen LogP contribution < -0.4 is 10.5 Å². The summed E-state index contributed by atoms with van der Waals surface area (Å²) in [6, 6.07) is 5.83. The molecule has 1 aromatic rings. The van der Waals surface area contributed by atoms with Gasteiger partial charge in [0.15, 0.2) is 11.5 Å². The average molecular weight is 294 g/mol. The molecule has 4 nitrogen and oxygen atoms in total. The molecule has 0 radical (unpaired) electrons. The van der Waals surface area contributed by atoms with Gasteiger partial charge in [-0.1, -0.05) is 26.8 Å². The van der Waals surface area contributed by atoms with E-state index in [0.717, 1.165) is 25.1 Å². The van der Waals surface area contributed by atoms with Gasteiger partial charge in [0.25, 0.3) is 0 Å². The lowest BCUT2D eigenvalue weighted by atomic mass is 9.91. The van der Waals surface area contributed by atoms with Crippen molar-refractivity contribution in [3.63, 3.8) is 0 Å². The first kappa shape index (κ1) is 17.8. The third-order valence-electron chi connectivity index (χ3n) is 3.93. The van der Waals surface area contributed by atoms with Crippen molar-refractivity contribution in [2.75, 3.05) is 26.7 Å². The van der Waals surface area contributed by atoms with Crippen LogP contribution in [0.2, 0.25) is 0 Å². The number of benzene rings is 1. The van der Waals surface area contributed by atoms with E-state index in [-0.39, 0.29) is 17.2 Å². The molecule has 0 aromatic heterocycles. The lowest BCUT2D eigenvalue weighted by Crippen LogP contribution is -2.40. The first-order chi connectivity index (χ1) is 9.84. The second-order valence-electron chi connectivity index (χ2n) is 6.45. The van der Waals surface area contributed by atoms with Gasteiger partial charge in [-0.15, -0.1) is 0 Å². The van der Waals surface area contributed by atoms with Gasteiger partial charge in [0, 0.05) is 12.6 Å². The van der Waals surface area contributed by atoms with Crippen molar-refractivity contribution in [2.45, 2.75) is 40.2 Å². The molecule has 4 heteroatoms. The number of methoxy groups -OCH3 is 1. The van der Waals surface area contributed by atoms with Crippen LogP contribution in [0.25, 0.3) is 0 Å². The number of nitrogens with zero attached hydrogens (tertiary/aromatic N) is 1. The quantitative estimate of drug-likeness (QED) is 0.773. The summed E-state index contributed by atoms with van der Waals surface area (Å²) in [6.07, 6.45) is 1.10. The fourth-order valence-corrected chi connectivity index (χ4v) is 2.48. The highest BCUT2D eigenvalue weighted by atomic mass is 16.5. The maximum absolute atomic E-state index is 9.73. The maximum Gasteiger partial charge on any atom is 0.160 e. The Morgan fingerprint density at radius 1 is 1.38 bits per heavy atom. The second kappa shape index (κ2) is 7.66. The van der Waals surface area contributed by atoms with E-state index < -0.39 is 0 Å². The van der Waals surface area contributed by atoms with E-state index in [1.165, 1.54) is 0 Å². The Morgan fingerprint density at radius 3 is 2.57 bits per heavy atom. The summed E-state index contributed by atoms with van der Waals surface area (Å²) in [7, 11) is 1.57. The van der Waals surface area contributed by atoms with Crippen molar-refractivity contribution < 1.29 is 9.84 Å². The van der Waals surface area contributed by atoms with Gasteiger partial charge in [-0.25, -0.2) is 0 Å². The predicted octanol–water partition coefficient (Wildman–Crippen LogP) is 3.16. The molecule has 0 amide bonds. The fraction of sp³-hybridized carbons (Fsp3) is 0.647. The Morgan fingerprint density at radius 2 is 2.05 bits per heavy atom. The fourth-order valence-electron chi connectivity index (χ4n) is 2.48. The van der Waals surface area contributed by atoms with E-state index in [0.29, 0.717) is 12.3 Å². The molecule has 0 bridgehead atoms. The predicted molar refractivity (Wildman–Crippen MR) is 87.8 cm³/mol. The number of hydrogen-bond donors (Lipinski definition) is 2. The van der Waals surface area contributed by atoms with E-state index in [9.17, 15) is 5.11 Å². The molecule has 21 heavy (non-hydrogen) atoms. The average Bonchev–Trinajstić information content (AvgIpc) is 2.46. The molecule has 1 atom stereocenters. The van der Waals surface area contributed by atoms with Crippen LogP contribution in [0.4, 0.5) is 0 Å². The van der Waals surface area contributed by atoms with Gasteiger partial charge in [0.2, 0.25) is 0 Å². The van der Waals surface area contributed by atoms with E-state index in [1.54, 1.807) is 13.2 Å². The van der Waals surface area contributed by atoms with Crippen LogP contribution in [-0.2, 0) is 0 Å². The van der Waals surface area contributed by atoms with E-state index in [2.05, 4.69) is 32.6 Å². The molecule has 0 aliphatic carbocycles. The van der Waals surface area contributed by atoms with Crippen molar-refractivity contribution in [1.82, 2.24) is 4.90 Å². The first-order valence-corrected chi connectivity index (χ1v) is 7.65. The van der Waals surface area contributed by atoms with Crippen LogP contribution in [0.1, 0.15) is 45.7 Å². The summed E-state index contributed by atoms with van der Waals surface area (Å²) >= 11 is 0. The molecule has 120 valence electrons. The van der Waals surface area contributed by atoms with Gasteiger partial charge in [0.1, 0.15) is 0 Å². The zero-order valence-corrected chi connectivity index (χ0v) is 14.0. The summed E-state index contributed by atoms with van der Waals surface area (Å²) < 4.78 is 5.21. The van der Waals surface area contributed by atoms with Gasteiger partial charge in [-0.2, -0.15) is 0 Å². The molecule has 0 aliphatic heterocycles. The number of nitrogens with two attached hydrogens (primary N) is 1. The van der Waals surface area contributed by atoms with Crippen LogP contribution in [0.5, 0.6) is 11.5 Å². The van der Waals surface area contributed by atoms with Gasteiger partial charge in [-0.05, 0) is 49.5 Å². The Balaban J connectivity index is 2.97. The molecule has 3 N–H and O–H groups in total.